The summed E-state index contributed by atoms with van der Waals surface area (Å²) in [5.74, 6) is 0. The molecule has 2 aromatic rings. The Bertz CT molecular complexity index is 584. The van der Waals surface area contributed by atoms with Crippen molar-refractivity contribution >= 4 is 10.9 Å². The molecular weight excluding hydrogens is 250 g/mol. The van der Waals surface area contributed by atoms with Gasteiger partial charge in [-0.3, -0.25) is 4.68 Å². The average molecular weight is 273 g/mol. The van der Waals surface area contributed by atoms with Gasteiger partial charge in [-0.1, -0.05) is 18.2 Å². The van der Waals surface area contributed by atoms with Crippen LogP contribution in [0, 0.1) is 5.41 Å². The van der Waals surface area contributed by atoms with Crippen LogP contribution in [-0.2, 0) is 17.7 Å². The first-order valence-electron chi connectivity index (χ1n) is 7.50. The zero-order valence-corrected chi connectivity index (χ0v) is 12.1. The number of aromatic nitrogens is 2. The van der Waals surface area contributed by atoms with Crippen molar-refractivity contribution in [1.82, 2.24) is 9.78 Å². The van der Waals surface area contributed by atoms with Crippen molar-refractivity contribution in [2.24, 2.45) is 11.1 Å². The van der Waals surface area contributed by atoms with Crippen molar-refractivity contribution < 1.29 is 4.74 Å². The molecule has 0 bridgehead atoms. The minimum atomic E-state index is 0.0634. The summed E-state index contributed by atoms with van der Waals surface area (Å²) in [4.78, 5) is 0. The lowest BCUT2D eigenvalue weighted by Crippen LogP contribution is -2.40. The van der Waals surface area contributed by atoms with Crippen molar-refractivity contribution in [2.45, 2.75) is 32.7 Å². The molecule has 2 N–H and O–H groups in total. The third kappa shape index (κ3) is 2.34. The smallest absolute Gasteiger partial charge is 0.0710 e. The maximum atomic E-state index is 6.05. The van der Waals surface area contributed by atoms with Crippen LogP contribution in [0.1, 0.15) is 25.5 Å². The van der Waals surface area contributed by atoms with E-state index < -0.39 is 0 Å². The first-order chi connectivity index (χ1) is 9.78. The van der Waals surface area contributed by atoms with E-state index in [0.717, 1.165) is 39.0 Å². The Kier molecular flexibility index (Phi) is 3.76. The lowest BCUT2D eigenvalue weighted by molar-refractivity contribution is -0.00302. The van der Waals surface area contributed by atoms with Gasteiger partial charge in [-0.15, -0.1) is 0 Å². The molecule has 4 heteroatoms. The summed E-state index contributed by atoms with van der Waals surface area (Å²) in [5.41, 5.74) is 8.50. The molecule has 0 spiro atoms. The second-order valence-corrected chi connectivity index (χ2v) is 5.82. The number of hydrogen-bond acceptors (Lipinski definition) is 3. The van der Waals surface area contributed by atoms with Gasteiger partial charge in [0.1, 0.15) is 0 Å². The third-order valence-corrected chi connectivity index (χ3v) is 4.41. The summed E-state index contributed by atoms with van der Waals surface area (Å²) in [5, 5.41) is 6.06. The maximum Gasteiger partial charge on any atom is 0.0710 e. The summed E-state index contributed by atoms with van der Waals surface area (Å²) in [6.45, 7) is 5.32. The highest BCUT2D eigenvalue weighted by molar-refractivity contribution is 5.82. The van der Waals surface area contributed by atoms with Crippen LogP contribution < -0.4 is 5.73 Å². The Morgan fingerprint density at radius 2 is 2.25 bits per heavy atom. The van der Waals surface area contributed by atoms with Crippen molar-refractivity contribution in [3.05, 3.63) is 30.0 Å². The van der Waals surface area contributed by atoms with E-state index in [0.29, 0.717) is 6.54 Å². The molecule has 108 valence electrons. The Balaban J connectivity index is 1.97. The largest absolute Gasteiger partial charge is 0.381 e. The van der Waals surface area contributed by atoms with Crippen molar-refractivity contribution in [2.75, 3.05) is 19.8 Å². The van der Waals surface area contributed by atoms with Gasteiger partial charge in [0.2, 0.25) is 0 Å². The van der Waals surface area contributed by atoms with Gasteiger partial charge >= 0.3 is 0 Å². The highest BCUT2D eigenvalue weighted by atomic mass is 16.5. The van der Waals surface area contributed by atoms with E-state index in [2.05, 4.69) is 35.9 Å². The lowest BCUT2D eigenvalue weighted by atomic mass is 9.78. The van der Waals surface area contributed by atoms with Crippen LogP contribution in [0.15, 0.2) is 24.3 Å². The standard InChI is InChI=1S/C16H23N3O/c1-2-19-15-7-4-3-6-13(15)14(18-19)10-16(11-17)8-5-9-20-12-16/h3-4,6-7H,2,5,8-12,17H2,1H3. The van der Waals surface area contributed by atoms with Gasteiger partial charge in [-0.05, 0) is 25.8 Å². The van der Waals surface area contributed by atoms with Crippen molar-refractivity contribution in [3.8, 4) is 0 Å². The number of nitrogens with zero attached hydrogens (tertiary/aromatic N) is 2. The molecular formula is C16H23N3O. The van der Waals surface area contributed by atoms with Gasteiger partial charge in [-0.25, -0.2) is 0 Å². The van der Waals surface area contributed by atoms with Crippen LogP contribution >= 0.6 is 0 Å². The second-order valence-electron chi connectivity index (χ2n) is 5.82. The summed E-state index contributed by atoms with van der Waals surface area (Å²) in [6, 6.07) is 8.46. The van der Waals surface area contributed by atoms with Crippen LogP contribution in [0.2, 0.25) is 0 Å². The number of nitrogens with two attached hydrogens (primary N) is 1. The number of fused-ring (bicyclic) bond motifs is 1. The van der Waals surface area contributed by atoms with Crippen LogP contribution in [0.3, 0.4) is 0 Å². The minimum absolute atomic E-state index is 0.0634. The minimum Gasteiger partial charge on any atom is -0.381 e. The monoisotopic (exact) mass is 273 g/mol. The average Bonchev–Trinajstić information content (AvgIpc) is 2.86. The van der Waals surface area contributed by atoms with Crippen molar-refractivity contribution in [3.63, 3.8) is 0 Å². The fraction of sp³-hybridized carbons (Fsp3) is 0.562. The van der Waals surface area contributed by atoms with Crippen LogP contribution in [-0.4, -0.2) is 29.5 Å². The molecule has 1 atom stereocenters. The predicted octanol–water partition coefficient (Wildman–Crippen LogP) is 2.35. The maximum absolute atomic E-state index is 6.05. The lowest BCUT2D eigenvalue weighted by Gasteiger charge is -2.35. The number of benzene rings is 1. The molecule has 1 unspecified atom stereocenters. The number of para-hydroxylation sites is 1. The van der Waals surface area contributed by atoms with Gasteiger partial charge in [0.25, 0.3) is 0 Å². The zero-order chi connectivity index (χ0) is 14.0. The third-order valence-electron chi connectivity index (χ3n) is 4.41. The first-order valence-corrected chi connectivity index (χ1v) is 7.50. The first kappa shape index (κ1) is 13.6. The molecule has 1 saturated heterocycles. The molecule has 2 heterocycles. The van der Waals surface area contributed by atoms with E-state index in [1.807, 2.05) is 0 Å². The van der Waals surface area contributed by atoms with E-state index >= 15 is 0 Å². The molecule has 1 aliphatic rings. The normalized spacial score (nSPS) is 23.3. The molecule has 1 aromatic carbocycles. The number of hydrogen-bond donors (Lipinski definition) is 1. The second kappa shape index (κ2) is 5.54. The Labute approximate surface area is 119 Å². The number of rotatable bonds is 4. The number of aryl methyl sites for hydroxylation is 1. The quantitative estimate of drug-likeness (QED) is 0.930. The molecule has 0 aliphatic carbocycles. The Morgan fingerprint density at radius 1 is 1.40 bits per heavy atom. The van der Waals surface area contributed by atoms with Crippen LogP contribution in [0.4, 0.5) is 0 Å². The molecule has 1 aromatic heterocycles. The van der Waals surface area contributed by atoms with Gasteiger partial charge < -0.3 is 10.5 Å². The molecule has 0 radical (unpaired) electrons. The Hall–Kier alpha value is -1.39. The van der Waals surface area contributed by atoms with Crippen molar-refractivity contribution in [1.29, 1.82) is 0 Å². The topological polar surface area (TPSA) is 53.1 Å². The van der Waals surface area contributed by atoms with Crippen LogP contribution in [0.5, 0.6) is 0 Å². The number of ether oxygens (including phenoxy) is 1. The molecule has 4 nitrogen and oxygen atoms in total. The molecule has 3 rings (SSSR count). The molecule has 0 amide bonds. The summed E-state index contributed by atoms with van der Waals surface area (Å²) >= 11 is 0. The Morgan fingerprint density at radius 3 is 2.95 bits per heavy atom. The molecule has 1 fully saturated rings. The van der Waals surface area contributed by atoms with Gasteiger partial charge in [0, 0.05) is 36.9 Å². The molecule has 0 saturated carbocycles. The van der Waals surface area contributed by atoms with E-state index in [1.165, 1.54) is 16.6 Å². The van der Waals surface area contributed by atoms with E-state index in [1.54, 1.807) is 0 Å². The van der Waals surface area contributed by atoms with E-state index in [4.69, 9.17) is 15.6 Å². The zero-order valence-electron chi connectivity index (χ0n) is 12.1. The summed E-state index contributed by atoms with van der Waals surface area (Å²) in [6.07, 6.45) is 3.15. The van der Waals surface area contributed by atoms with Gasteiger partial charge in [0.05, 0.1) is 17.8 Å². The summed E-state index contributed by atoms with van der Waals surface area (Å²) < 4.78 is 7.76. The highest BCUT2D eigenvalue weighted by Crippen LogP contribution is 2.33. The predicted molar refractivity (Wildman–Crippen MR) is 80.7 cm³/mol. The van der Waals surface area contributed by atoms with Crippen LogP contribution in [0.25, 0.3) is 10.9 Å². The fourth-order valence-corrected chi connectivity index (χ4v) is 3.21. The highest BCUT2D eigenvalue weighted by Gasteiger charge is 2.33. The van der Waals surface area contributed by atoms with E-state index in [9.17, 15) is 0 Å². The van der Waals surface area contributed by atoms with Gasteiger partial charge in [0.15, 0.2) is 0 Å². The SMILES string of the molecule is CCn1nc(CC2(CN)CCCOC2)c2ccccc21. The van der Waals surface area contributed by atoms with E-state index in [-0.39, 0.29) is 5.41 Å². The molecule has 1 aliphatic heterocycles. The fourth-order valence-electron chi connectivity index (χ4n) is 3.21. The summed E-state index contributed by atoms with van der Waals surface area (Å²) in [7, 11) is 0. The van der Waals surface area contributed by atoms with Gasteiger partial charge in [-0.2, -0.15) is 5.10 Å². The molecule has 20 heavy (non-hydrogen) atoms.